The van der Waals surface area contributed by atoms with Crippen LogP contribution in [0.5, 0.6) is 5.75 Å². The number of piperidine rings is 1. The molecule has 0 radical (unpaired) electrons. The fourth-order valence-electron chi connectivity index (χ4n) is 4.21. The van der Waals surface area contributed by atoms with Gasteiger partial charge < -0.3 is 14.1 Å². The lowest BCUT2D eigenvalue weighted by Gasteiger charge is -2.38. The Kier molecular flexibility index (Phi) is 5.48. The summed E-state index contributed by atoms with van der Waals surface area (Å²) in [5.41, 5.74) is -0.0279. The summed E-state index contributed by atoms with van der Waals surface area (Å²) in [6, 6.07) is 9.94. The molecule has 2 saturated heterocycles. The van der Waals surface area contributed by atoms with Crippen molar-refractivity contribution in [3.8, 4) is 5.75 Å². The van der Waals surface area contributed by atoms with Gasteiger partial charge in [-0.15, -0.1) is 0 Å². The number of sulfonamides is 1. The van der Waals surface area contributed by atoms with E-state index in [1.54, 1.807) is 40.7 Å². The van der Waals surface area contributed by atoms with Crippen LogP contribution in [0.25, 0.3) is 0 Å². The number of carbonyl (C=O) groups is 1. The van der Waals surface area contributed by atoms with Crippen molar-refractivity contribution in [3.63, 3.8) is 0 Å². The average Bonchev–Trinajstić information content (AvgIpc) is 3.35. The van der Waals surface area contributed by atoms with E-state index in [1.165, 1.54) is 7.11 Å². The molecule has 4 rings (SSSR count). The highest BCUT2D eigenvalue weighted by Gasteiger charge is 2.44. The normalized spacial score (nSPS) is 19.6. The maximum absolute atomic E-state index is 13.0. The molecule has 9 heteroatoms. The molecule has 2 aliphatic heterocycles. The van der Waals surface area contributed by atoms with E-state index in [2.05, 4.69) is 15.9 Å². The van der Waals surface area contributed by atoms with Gasteiger partial charge in [0.2, 0.25) is 10.0 Å². The minimum absolute atomic E-state index is 0.0279. The molecule has 0 saturated carbocycles. The summed E-state index contributed by atoms with van der Waals surface area (Å²) in [4.78, 5) is 14.7. The first-order chi connectivity index (χ1) is 13.8. The Balaban J connectivity index is 1.42. The first-order valence-electron chi connectivity index (χ1n) is 9.52. The molecule has 1 spiro atoms. The number of rotatable bonds is 4. The van der Waals surface area contributed by atoms with Crippen molar-refractivity contribution in [2.24, 2.45) is 5.41 Å². The molecule has 0 bridgehead atoms. The molecule has 156 valence electrons. The molecule has 0 unspecified atom stereocenters. The number of amides is 1. The Morgan fingerprint density at radius 3 is 2.52 bits per heavy atom. The Hall–Kier alpha value is -1.84. The first kappa shape index (κ1) is 20.4. The Bertz CT molecular complexity index is 1010. The largest absolute Gasteiger partial charge is 0.497 e. The van der Waals surface area contributed by atoms with Crippen molar-refractivity contribution in [3.05, 3.63) is 46.8 Å². The molecule has 3 heterocycles. The van der Waals surface area contributed by atoms with Gasteiger partial charge in [-0.25, -0.2) is 8.42 Å². The fourth-order valence-corrected chi connectivity index (χ4v) is 6.00. The number of carbonyl (C=O) groups excluding carboxylic acids is 1. The molecule has 0 N–H and O–H groups in total. The van der Waals surface area contributed by atoms with Crippen LogP contribution in [0.2, 0.25) is 0 Å². The van der Waals surface area contributed by atoms with Gasteiger partial charge in [0.05, 0.1) is 12.0 Å². The standard InChI is InChI=1S/C20H23BrN2O5S/c1-27-15-3-2-4-16(13-15)29(25,26)23-11-8-20(9-12-23)7-10-22(14-20)19(24)17-5-6-18(21)28-17/h2-6,13H,7-12,14H2,1H3. The molecule has 29 heavy (non-hydrogen) atoms. The topological polar surface area (TPSA) is 80.1 Å². The quantitative estimate of drug-likeness (QED) is 0.667. The fraction of sp³-hybridized carbons (Fsp3) is 0.450. The minimum Gasteiger partial charge on any atom is -0.497 e. The Morgan fingerprint density at radius 1 is 1.14 bits per heavy atom. The monoisotopic (exact) mass is 482 g/mol. The van der Waals surface area contributed by atoms with Gasteiger partial charge in [0.15, 0.2) is 10.4 Å². The van der Waals surface area contributed by atoms with E-state index in [9.17, 15) is 13.2 Å². The zero-order valence-electron chi connectivity index (χ0n) is 16.1. The second kappa shape index (κ2) is 7.77. The third-order valence-corrected chi connectivity index (χ3v) is 8.29. The predicted molar refractivity (Wildman–Crippen MR) is 110 cm³/mol. The summed E-state index contributed by atoms with van der Waals surface area (Å²) in [5.74, 6) is 0.736. The van der Waals surface area contributed by atoms with Crippen LogP contribution in [-0.4, -0.2) is 56.8 Å². The van der Waals surface area contributed by atoms with E-state index >= 15 is 0 Å². The number of hydrogen-bond donors (Lipinski definition) is 0. The Morgan fingerprint density at radius 2 is 1.86 bits per heavy atom. The molecule has 0 aliphatic carbocycles. The highest BCUT2D eigenvalue weighted by atomic mass is 79.9. The molecule has 1 aromatic heterocycles. The van der Waals surface area contributed by atoms with Gasteiger partial charge in [-0.3, -0.25) is 4.79 Å². The van der Waals surface area contributed by atoms with Crippen molar-refractivity contribution >= 4 is 31.9 Å². The van der Waals surface area contributed by atoms with Crippen LogP contribution in [0, 0.1) is 5.41 Å². The summed E-state index contributed by atoms with van der Waals surface area (Å²) in [5, 5.41) is 0. The molecule has 7 nitrogen and oxygen atoms in total. The van der Waals surface area contributed by atoms with Gasteiger partial charge in [-0.05, 0) is 64.9 Å². The van der Waals surface area contributed by atoms with Crippen molar-refractivity contribution in [2.75, 3.05) is 33.3 Å². The van der Waals surface area contributed by atoms with Crippen molar-refractivity contribution in [2.45, 2.75) is 24.2 Å². The van der Waals surface area contributed by atoms with Gasteiger partial charge in [0.1, 0.15) is 5.75 Å². The van der Waals surface area contributed by atoms with Crippen LogP contribution in [0.1, 0.15) is 29.8 Å². The van der Waals surface area contributed by atoms with Crippen LogP contribution in [0.4, 0.5) is 0 Å². The number of likely N-dealkylation sites (tertiary alicyclic amines) is 1. The maximum atomic E-state index is 13.0. The van der Waals surface area contributed by atoms with Gasteiger partial charge in [0, 0.05) is 32.2 Å². The third-order valence-electron chi connectivity index (χ3n) is 5.97. The number of methoxy groups -OCH3 is 1. The number of ether oxygens (including phenoxy) is 1. The highest BCUT2D eigenvalue weighted by Crippen LogP contribution is 2.42. The number of nitrogens with zero attached hydrogens (tertiary/aromatic N) is 2. The summed E-state index contributed by atoms with van der Waals surface area (Å²) >= 11 is 3.22. The van der Waals surface area contributed by atoms with Crippen molar-refractivity contribution in [1.82, 2.24) is 9.21 Å². The van der Waals surface area contributed by atoms with E-state index in [1.807, 2.05) is 4.90 Å². The molecule has 1 amide bonds. The maximum Gasteiger partial charge on any atom is 0.289 e. The summed E-state index contributed by atoms with van der Waals surface area (Å²) in [6.07, 6.45) is 2.36. The number of furan rings is 1. The number of hydrogen-bond acceptors (Lipinski definition) is 5. The second-order valence-corrected chi connectivity index (χ2v) is 10.4. The molecule has 2 aliphatic rings. The van der Waals surface area contributed by atoms with Crippen LogP contribution < -0.4 is 4.74 Å². The van der Waals surface area contributed by atoms with Crippen LogP contribution >= 0.6 is 15.9 Å². The highest BCUT2D eigenvalue weighted by molar-refractivity contribution is 9.10. The molecule has 0 atom stereocenters. The molecule has 2 fully saturated rings. The van der Waals surface area contributed by atoms with Gasteiger partial charge in [-0.2, -0.15) is 4.31 Å². The molecule has 1 aromatic carbocycles. The number of halogens is 1. The van der Waals surface area contributed by atoms with E-state index < -0.39 is 10.0 Å². The van der Waals surface area contributed by atoms with Crippen LogP contribution in [-0.2, 0) is 10.0 Å². The van der Waals surface area contributed by atoms with Crippen LogP contribution in [0.3, 0.4) is 0 Å². The molecular weight excluding hydrogens is 460 g/mol. The lowest BCUT2D eigenvalue weighted by Crippen LogP contribution is -2.44. The van der Waals surface area contributed by atoms with E-state index in [0.29, 0.717) is 42.4 Å². The van der Waals surface area contributed by atoms with Gasteiger partial charge in [-0.1, -0.05) is 6.07 Å². The zero-order chi connectivity index (χ0) is 20.6. The SMILES string of the molecule is COc1cccc(S(=O)(=O)N2CCC3(CCN(C(=O)c4ccc(Br)o4)C3)CC2)c1. The van der Waals surface area contributed by atoms with Crippen LogP contribution in [0.15, 0.2) is 50.4 Å². The van der Waals surface area contributed by atoms with Crippen molar-refractivity contribution in [1.29, 1.82) is 0 Å². The lowest BCUT2D eigenvalue weighted by atomic mass is 9.78. The first-order valence-corrected chi connectivity index (χ1v) is 11.8. The van der Waals surface area contributed by atoms with E-state index in [4.69, 9.17) is 9.15 Å². The van der Waals surface area contributed by atoms with Gasteiger partial charge >= 0.3 is 0 Å². The summed E-state index contributed by atoms with van der Waals surface area (Å²) in [7, 11) is -2.04. The lowest BCUT2D eigenvalue weighted by molar-refractivity contribution is 0.0718. The summed E-state index contributed by atoms with van der Waals surface area (Å²) < 4.78 is 38.6. The Labute approximate surface area is 178 Å². The molecular formula is C20H23BrN2O5S. The number of benzene rings is 1. The molecule has 2 aromatic rings. The van der Waals surface area contributed by atoms with Crippen molar-refractivity contribution < 1.29 is 22.4 Å². The third kappa shape index (κ3) is 3.95. The second-order valence-electron chi connectivity index (χ2n) is 7.66. The average molecular weight is 483 g/mol. The smallest absolute Gasteiger partial charge is 0.289 e. The zero-order valence-corrected chi connectivity index (χ0v) is 18.5. The van der Waals surface area contributed by atoms with E-state index in [-0.39, 0.29) is 16.2 Å². The van der Waals surface area contributed by atoms with E-state index in [0.717, 1.165) is 19.3 Å². The predicted octanol–water partition coefficient (Wildman–Crippen LogP) is 3.37. The van der Waals surface area contributed by atoms with Gasteiger partial charge in [0.25, 0.3) is 5.91 Å². The summed E-state index contributed by atoms with van der Waals surface area (Å²) in [6.45, 7) is 2.21. The minimum atomic E-state index is -3.56.